The summed E-state index contributed by atoms with van der Waals surface area (Å²) < 4.78 is 4.68. The Kier molecular flexibility index (Phi) is 8.91. The summed E-state index contributed by atoms with van der Waals surface area (Å²) >= 11 is 0. The Morgan fingerprint density at radius 3 is 2.79 bits per heavy atom. The van der Waals surface area contributed by atoms with Crippen LogP contribution in [0.3, 0.4) is 0 Å². The van der Waals surface area contributed by atoms with E-state index in [2.05, 4.69) is 27.6 Å². The molecule has 0 aromatic heterocycles. The number of aryl methyl sites for hydroxylation is 1. The van der Waals surface area contributed by atoms with Gasteiger partial charge >= 0.3 is 12.1 Å². The second kappa shape index (κ2) is 12.5. The molecule has 2 amide bonds. The maximum absolute atomic E-state index is 12.7. The molecule has 200 valence electrons. The van der Waals surface area contributed by atoms with Crippen molar-refractivity contribution in [2.45, 2.75) is 57.9 Å². The molecule has 0 aliphatic carbocycles. The molecule has 0 saturated carbocycles. The van der Waals surface area contributed by atoms with Crippen molar-refractivity contribution in [3.05, 3.63) is 64.7 Å². The Morgan fingerprint density at radius 2 is 2.03 bits per heavy atom. The van der Waals surface area contributed by atoms with Crippen LogP contribution >= 0.6 is 0 Å². The van der Waals surface area contributed by atoms with Gasteiger partial charge in [0.15, 0.2) is 0 Å². The van der Waals surface area contributed by atoms with Crippen molar-refractivity contribution in [1.82, 2.24) is 5.32 Å². The molecule has 0 radical (unpaired) electrons. The van der Waals surface area contributed by atoms with E-state index in [1.54, 1.807) is 18.2 Å². The predicted octanol–water partition coefficient (Wildman–Crippen LogP) is 5.02. The van der Waals surface area contributed by atoms with Gasteiger partial charge in [-0.1, -0.05) is 31.6 Å². The molecule has 4 rings (SSSR count). The van der Waals surface area contributed by atoms with E-state index in [1.807, 2.05) is 24.3 Å². The minimum absolute atomic E-state index is 0.0255. The lowest BCUT2D eigenvalue weighted by molar-refractivity contribution is -0.116. The molecule has 1 atom stereocenters. The van der Waals surface area contributed by atoms with Gasteiger partial charge in [-0.05, 0) is 67.6 Å². The minimum Gasteiger partial charge on any atom is -0.478 e. The molecule has 0 unspecified atom stereocenters. The molecule has 9 nitrogen and oxygen atoms in total. The second-order valence-electron chi connectivity index (χ2n) is 9.47. The highest BCUT2D eigenvalue weighted by molar-refractivity contribution is 6.02. The Bertz CT molecular complexity index is 1280. The summed E-state index contributed by atoms with van der Waals surface area (Å²) in [6, 6.07) is 10.9. The molecule has 0 spiro atoms. The number of nitrogens with zero attached hydrogens (tertiary/aromatic N) is 1. The molecule has 2 aliphatic heterocycles. The highest BCUT2D eigenvalue weighted by Gasteiger charge is 2.23. The smallest absolute Gasteiger partial charge is 0.411 e. The van der Waals surface area contributed by atoms with Gasteiger partial charge in [0.1, 0.15) is 0 Å². The van der Waals surface area contributed by atoms with Crippen molar-refractivity contribution in [2.75, 3.05) is 24.3 Å². The Balaban J connectivity index is 1.53. The monoisotopic (exact) mass is 518 g/mol. The van der Waals surface area contributed by atoms with Crippen LogP contribution in [-0.4, -0.2) is 48.5 Å². The van der Waals surface area contributed by atoms with Gasteiger partial charge in [0.2, 0.25) is 5.91 Å². The molecule has 2 bridgehead atoms. The first-order valence-corrected chi connectivity index (χ1v) is 13.0. The van der Waals surface area contributed by atoms with Gasteiger partial charge in [0.05, 0.1) is 24.1 Å². The number of anilines is 2. The maximum Gasteiger partial charge on any atom is 0.411 e. The first-order chi connectivity index (χ1) is 18.4. The number of allylic oxidation sites excluding steroid dienone is 1. The Hall–Kier alpha value is -3.98. The minimum atomic E-state index is -0.912. The van der Waals surface area contributed by atoms with Crippen molar-refractivity contribution in [3.63, 3.8) is 0 Å². The number of benzene rings is 2. The zero-order chi connectivity index (χ0) is 27.1. The summed E-state index contributed by atoms with van der Waals surface area (Å²) in [5.41, 5.74) is 5.96. The number of nitrogens with one attached hydrogen (secondary N) is 3. The van der Waals surface area contributed by atoms with E-state index in [0.29, 0.717) is 42.7 Å². The lowest BCUT2D eigenvalue weighted by Gasteiger charge is -2.20. The van der Waals surface area contributed by atoms with Gasteiger partial charge in [0, 0.05) is 35.8 Å². The van der Waals surface area contributed by atoms with Crippen molar-refractivity contribution in [2.24, 2.45) is 4.99 Å². The predicted molar refractivity (Wildman–Crippen MR) is 148 cm³/mol. The van der Waals surface area contributed by atoms with Crippen molar-refractivity contribution in [3.8, 4) is 0 Å². The van der Waals surface area contributed by atoms with E-state index < -0.39 is 12.1 Å². The normalized spacial score (nSPS) is 17.2. The van der Waals surface area contributed by atoms with E-state index in [1.165, 1.54) is 7.11 Å². The number of carboxylic acids is 1. The first kappa shape index (κ1) is 27.1. The van der Waals surface area contributed by atoms with E-state index in [9.17, 15) is 19.5 Å². The van der Waals surface area contributed by atoms with Gasteiger partial charge in [-0.25, -0.2) is 9.59 Å². The number of carbonyl (C=O) groups is 3. The molecular formula is C29H34N4O5. The standard InChI is InChI=1S/C29H34N4O5/c1-3-18-8-10-21(28(35)36)19(16-18)14-15-30-24-6-4-5-7-27(34)33-26-17-20(31-29(37)38-2)9-11-22(26)23-12-13-25(24)32-23/h8-12,16-17,24,30H,3-7,13-15H2,1-2H3,(H,31,37)(H,33,34)(H,35,36)/t24-/m0/s1. The van der Waals surface area contributed by atoms with Gasteiger partial charge in [0.25, 0.3) is 0 Å². The van der Waals surface area contributed by atoms with Crippen molar-refractivity contribution in [1.29, 1.82) is 0 Å². The summed E-state index contributed by atoms with van der Waals surface area (Å²) in [6.45, 7) is 2.67. The fraction of sp³-hybridized carbons (Fsp3) is 0.379. The van der Waals surface area contributed by atoms with Gasteiger partial charge in [-0.3, -0.25) is 15.1 Å². The second-order valence-corrected chi connectivity index (χ2v) is 9.47. The van der Waals surface area contributed by atoms with Gasteiger partial charge in [-0.2, -0.15) is 0 Å². The quantitative estimate of drug-likeness (QED) is 0.407. The third-order valence-electron chi connectivity index (χ3n) is 6.91. The molecule has 0 saturated heterocycles. The highest BCUT2D eigenvalue weighted by atomic mass is 16.5. The van der Waals surface area contributed by atoms with E-state index in [0.717, 1.165) is 53.8 Å². The molecule has 4 N–H and O–H groups in total. The van der Waals surface area contributed by atoms with Crippen molar-refractivity contribution < 1.29 is 24.2 Å². The molecule has 2 heterocycles. The van der Waals surface area contributed by atoms with Crippen LogP contribution in [0.25, 0.3) is 5.70 Å². The van der Waals surface area contributed by atoms with E-state index in [-0.39, 0.29) is 11.9 Å². The van der Waals surface area contributed by atoms with Crippen LogP contribution in [-0.2, 0) is 22.4 Å². The van der Waals surface area contributed by atoms with Crippen LogP contribution in [0.5, 0.6) is 0 Å². The highest BCUT2D eigenvalue weighted by Crippen LogP contribution is 2.33. The van der Waals surface area contributed by atoms with Gasteiger partial charge in [-0.15, -0.1) is 0 Å². The summed E-state index contributed by atoms with van der Waals surface area (Å²) in [6.07, 6.45) is 6.40. The van der Waals surface area contributed by atoms with E-state index >= 15 is 0 Å². The number of aliphatic imine (C=N–C) groups is 1. The molecule has 2 aromatic rings. The summed E-state index contributed by atoms with van der Waals surface area (Å²) in [5.74, 6) is -1.00. The zero-order valence-electron chi connectivity index (χ0n) is 21.8. The molecule has 2 aromatic carbocycles. The molecule has 38 heavy (non-hydrogen) atoms. The molecule has 9 heteroatoms. The average Bonchev–Trinajstić information content (AvgIpc) is 3.39. The van der Waals surface area contributed by atoms with Crippen LogP contribution in [0.15, 0.2) is 47.5 Å². The number of carboxylic acid groups (broad SMARTS) is 1. The van der Waals surface area contributed by atoms with Crippen molar-refractivity contribution >= 4 is 40.8 Å². The number of hydrogen-bond donors (Lipinski definition) is 4. The Labute approximate surface area is 222 Å². The number of methoxy groups -OCH3 is 1. The summed E-state index contributed by atoms with van der Waals surface area (Å²) in [5, 5.41) is 18.8. The SMILES string of the molecule is CCc1ccc(C(=O)O)c(CCN[C@H]2CCCCC(=O)Nc3cc(NC(=O)OC)ccc3C3=CCC2=N3)c1. The van der Waals surface area contributed by atoms with Crippen LogP contribution < -0.4 is 16.0 Å². The largest absolute Gasteiger partial charge is 0.478 e. The molecule has 0 fully saturated rings. The number of ether oxygens (including phenoxy) is 1. The van der Waals surface area contributed by atoms with Crippen LogP contribution in [0.2, 0.25) is 0 Å². The number of carbonyl (C=O) groups excluding carboxylic acids is 2. The fourth-order valence-electron chi connectivity index (χ4n) is 4.85. The number of aromatic carboxylic acids is 1. The molecule has 2 aliphatic rings. The fourth-order valence-corrected chi connectivity index (χ4v) is 4.85. The third kappa shape index (κ3) is 6.66. The first-order valence-electron chi connectivity index (χ1n) is 13.0. The zero-order valence-corrected chi connectivity index (χ0v) is 21.8. The number of rotatable bonds is 7. The summed E-state index contributed by atoms with van der Waals surface area (Å²) in [4.78, 5) is 41.0. The topological polar surface area (TPSA) is 129 Å². The van der Waals surface area contributed by atoms with Crippen LogP contribution in [0.1, 0.15) is 66.1 Å². The van der Waals surface area contributed by atoms with E-state index in [4.69, 9.17) is 4.99 Å². The number of fused-ring (bicyclic) bond motifs is 3. The average molecular weight is 519 g/mol. The lowest BCUT2D eigenvalue weighted by Crippen LogP contribution is -2.37. The third-order valence-corrected chi connectivity index (χ3v) is 6.91. The van der Waals surface area contributed by atoms with Crippen LogP contribution in [0, 0.1) is 0 Å². The maximum atomic E-state index is 12.7. The Morgan fingerprint density at radius 1 is 1.18 bits per heavy atom. The van der Waals surface area contributed by atoms with Gasteiger partial charge < -0.3 is 20.5 Å². The number of hydrogen-bond acceptors (Lipinski definition) is 6. The summed E-state index contributed by atoms with van der Waals surface area (Å²) in [7, 11) is 1.29. The molecular weight excluding hydrogens is 484 g/mol. The van der Waals surface area contributed by atoms with Crippen LogP contribution in [0.4, 0.5) is 16.2 Å². The lowest BCUT2D eigenvalue weighted by atomic mass is 9.99. The number of amides is 2.